The quantitative estimate of drug-likeness (QED) is 0.422. The Bertz CT molecular complexity index is 1630. The Hall–Kier alpha value is -4.61. The van der Waals surface area contributed by atoms with Gasteiger partial charge in [0, 0.05) is 34.8 Å². The van der Waals surface area contributed by atoms with Crippen molar-refractivity contribution < 1.29 is 0 Å². The third kappa shape index (κ3) is 3.27. The van der Waals surface area contributed by atoms with Gasteiger partial charge in [-0.1, -0.05) is 48.0 Å². The molecular weight excluding hydrogens is 418 g/mol. The van der Waals surface area contributed by atoms with Crippen LogP contribution in [0, 0.1) is 36.5 Å². The summed E-state index contributed by atoms with van der Waals surface area (Å²) in [4.78, 5) is 4.44. The van der Waals surface area contributed by atoms with Crippen LogP contribution in [0.2, 0.25) is 0 Å². The molecule has 2 N–H and O–H groups in total. The lowest BCUT2D eigenvalue weighted by Gasteiger charge is -2.10. The van der Waals surface area contributed by atoms with Crippen LogP contribution in [0.1, 0.15) is 46.0 Å². The van der Waals surface area contributed by atoms with Gasteiger partial charge in [-0.2, -0.15) is 10.5 Å². The minimum absolute atomic E-state index is 0.162. The topological polar surface area (TPSA) is 91.4 Å². The molecule has 0 radical (unpaired) electrons. The van der Waals surface area contributed by atoms with E-state index in [0.29, 0.717) is 16.8 Å². The normalized spacial score (nSPS) is 13.9. The molecule has 0 unspecified atom stereocenters. The predicted molar refractivity (Wildman–Crippen MR) is 136 cm³/mol. The monoisotopic (exact) mass is 441 g/mol. The Morgan fingerprint density at radius 3 is 2.56 bits per heavy atom. The summed E-state index contributed by atoms with van der Waals surface area (Å²) in [5.41, 5.74) is 15.5. The largest absolute Gasteiger partial charge is 0.383 e. The lowest BCUT2D eigenvalue weighted by molar-refractivity contribution is 0.835. The first-order valence-electron chi connectivity index (χ1n) is 11.1. The first-order valence-corrected chi connectivity index (χ1v) is 11.1. The summed E-state index contributed by atoms with van der Waals surface area (Å²) in [7, 11) is 0. The molecular formula is C29H23N5. The third-order valence-electron chi connectivity index (χ3n) is 6.54. The Morgan fingerprint density at radius 2 is 1.82 bits per heavy atom. The number of anilines is 1. The number of aromatic nitrogens is 2. The second-order valence-electron chi connectivity index (χ2n) is 8.72. The van der Waals surface area contributed by atoms with Gasteiger partial charge >= 0.3 is 0 Å². The van der Waals surface area contributed by atoms with Gasteiger partial charge in [0.25, 0.3) is 0 Å². The van der Waals surface area contributed by atoms with Crippen molar-refractivity contribution in [3.05, 3.63) is 99.4 Å². The maximum atomic E-state index is 9.85. The molecule has 4 aromatic rings. The van der Waals surface area contributed by atoms with E-state index in [4.69, 9.17) is 5.73 Å². The second-order valence-corrected chi connectivity index (χ2v) is 8.72. The molecule has 0 spiro atoms. The molecule has 0 bridgehead atoms. The fourth-order valence-electron chi connectivity index (χ4n) is 4.88. The summed E-state index contributed by atoms with van der Waals surface area (Å²) in [6, 6.07) is 21.3. The van der Waals surface area contributed by atoms with Crippen molar-refractivity contribution in [3.63, 3.8) is 0 Å². The third-order valence-corrected chi connectivity index (χ3v) is 6.54. The van der Waals surface area contributed by atoms with Crippen molar-refractivity contribution in [2.45, 2.75) is 27.3 Å². The number of benzene rings is 2. The number of para-hydroxylation sites is 1. The number of nitrogens with two attached hydrogens (primary N) is 1. The van der Waals surface area contributed by atoms with Crippen LogP contribution in [0.5, 0.6) is 0 Å². The van der Waals surface area contributed by atoms with Gasteiger partial charge in [-0.3, -0.25) is 0 Å². The number of fused-ring (bicyclic) bond motifs is 2. The van der Waals surface area contributed by atoms with Crippen LogP contribution in [-0.2, 0) is 6.54 Å². The maximum Gasteiger partial charge on any atom is 0.142 e. The highest BCUT2D eigenvalue weighted by Gasteiger charge is 2.29. The van der Waals surface area contributed by atoms with Crippen LogP contribution in [0.3, 0.4) is 0 Å². The molecule has 0 fully saturated rings. The fraction of sp³-hybridized carbons (Fsp3) is 0.138. The lowest BCUT2D eigenvalue weighted by atomic mass is 9.95. The molecule has 2 aromatic heterocycles. The molecule has 0 amide bonds. The average Bonchev–Trinajstić information content (AvgIpc) is 3.29. The van der Waals surface area contributed by atoms with Gasteiger partial charge in [-0.15, -0.1) is 0 Å². The Balaban J connectivity index is 1.72. The van der Waals surface area contributed by atoms with Crippen molar-refractivity contribution in [1.29, 1.82) is 10.5 Å². The molecule has 164 valence electrons. The minimum Gasteiger partial charge on any atom is -0.383 e. The van der Waals surface area contributed by atoms with E-state index in [2.05, 4.69) is 77.3 Å². The van der Waals surface area contributed by atoms with Crippen LogP contribution in [0.25, 0.3) is 28.1 Å². The van der Waals surface area contributed by atoms with Gasteiger partial charge in [0.15, 0.2) is 0 Å². The average molecular weight is 442 g/mol. The summed E-state index contributed by atoms with van der Waals surface area (Å²) in [6.45, 7) is 6.67. The number of hydrogen-bond acceptors (Lipinski definition) is 4. The van der Waals surface area contributed by atoms with Crippen molar-refractivity contribution >= 4 is 33.9 Å². The maximum absolute atomic E-state index is 9.85. The zero-order chi connectivity index (χ0) is 24.0. The zero-order valence-corrected chi connectivity index (χ0v) is 19.3. The number of allylic oxidation sites excluding steroid dienone is 3. The van der Waals surface area contributed by atoms with Crippen LogP contribution in [-0.4, -0.2) is 9.55 Å². The highest BCUT2D eigenvalue weighted by molar-refractivity contribution is 6.10. The first kappa shape index (κ1) is 21.2. The summed E-state index contributed by atoms with van der Waals surface area (Å²) in [5.74, 6) is 0.162. The molecule has 34 heavy (non-hydrogen) atoms. The molecule has 5 heteroatoms. The zero-order valence-electron chi connectivity index (χ0n) is 19.3. The van der Waals surface area contributed by atoms with Gasteiger partial charge < -0.3 is 10.3 Å². The van der Waals surface area contributed by atoms with Gasteiger partial charge in [0.2, 0.25) is 0 Å². The van der Waals surface area contributed by atoms with E-state index < -0.39 is 0 Å². The summed E-state index contributed by atoms with van der Waals surface area (Å²) in [5, 5.41) is 20.6. The smallest absolute Gasteiger partial charge is 0.142 e. The van der Waals surface area contributed by atoms with Crippen LogP contribution < -0.4 is 5.73 Å². The Kier molecular flexibility index (Phi) is 5.04. The lowest BCUT2D eigenvalue weighted by Crippen LogP contribution is -2.03. The predicted octanol–water partition coefficient (Wildman–Crippen LogP) is 6.01. The van der Waals surface area contributed by atoms with Crippen molar-refractivity contribution in [2.75, 3.05) is 5.73 Å². The molecule has 0 saturated carbocycles. The summed E-state index contributed by atoms with van der Waals surface area (Å²) in [6.07, 6.45) is 4.27. The van der Waals surface area contributed by atoms with Crippen LogP contribution in [0.4, 0.5) is 5.82 Å². The van der Waals surface area contributed by atoms with E-state index >= 15 is 0 Å². The highest BCUT2D eigenvalue weighted by atomic mass is 15.0. The number of nitrogens with zero attached hydrogens (tertiary/aromatic N) is 4. The molecule has 0 atom stereocenters. The van der Waals surface area contributed by atoms with E-state index in [1.54, 1.807) is 0 Å². The van der Waals surface area contributed by atoms with Gasteiger partial charge in [0.05, 0.1) is 16.8 Å². The Morgan fingerprint density at radius 1 is 1.03 bits per heavy atom. The van der Waals surface area contributed by atoms with E-state index in [9.17, 15) is 10.5 Å². The van der Waals surface area contributed by atoms with Gasteiger partial charge in [-0.25, -0.2) is 4.98 Å². The molecule has 2 aromatic carbocycles. The van der Waals surface area contributed by atoms with Crippen molar-refractivity contribution in [3.8, 4) is 12.1 Å². The van der Waals surface area contributed by atoms with E-state index in [-0.39, 0.29) is 5.82 Å². The fourth-order valence-corrected chi connectivity index (χ4v) is 4.88. The van der Waals surface area contributed by atoms with Crippen molar-refractivity contribution in [2.24, 2.45) is 0 Å². The number of hydrogen-bond donors (Lipinski definition) is 1. The summed E-state index contributed by atoms with van der Waals surface area (Å²) >= 11 is 0. The number of nitrogen functional groups attached to an aromatic ring is 1. The molecule has 5 rings (SSSR count). The highest BCUT2D eigenvalue weighted by Crippen LogP contribution is 2.44. The summed E-state index contributed by atoms with van der Waals surface area (Å²) < 4.78 is 2.26. The van der Waals surface area contributed by atoms with E-state index in [1.165, 1.54) is 11.1 Å². The molecule has 0 saturated heterocycles. The second kappa shape index (κ2) is 8.06. The molecule has 0 aliphatic heterocycles. The molecule has 5 nitrogen and oxygen atoms in total. The molecule has 1 aliphatic carbocycles. The van der Waals surface area contributed by atoms with Crippen molar-refractivity contribution in [1.82, 2.24) is 9.55 Å². The van der Waals surface area contributed by atoms with Gasteiger partial charge in [0.1, 0.15) is 18.0 Å². The molecule has 1 aliphatic rings. The minimum atomic E-state index is 0.162. The number of rotatable bonds is 3. The number of nitriles is 2. The van der Waals surface area contributed by atoms with Crippen LogP contribution in [0.15, 0.2) is 60.3 Å². The number of aryl methyl sites for hydroxylation is 1. The van der Waals surface area contributed by atoms with E-state index in [0.717, 1.165) is 45.3 Å². The standard InChI is InChI=1S/C29H23N5/c1-17-7-6-8-20(11-17)15-34-16-21(22-9-4-5-10-26(22)34)12-23-18(2)24(13-30)28-27(23)19(3)25(14-31)29(32)33-28/h4-12,16H,15H2,1-3H3,(H2,32,33)/b23-12+. The Labute approximate surface area is 198 Å². The number of pyridine rings is 1. The van der Waals surface area contributed by atoms with Gasteiger partial charge in [-0.05, 0) is 55.2 Å². The molecule has 2 heterocycles. The SMILES string of the molecule is CC1=C(C#N)c2nc(N)c(C#N)c(C)c2/C1=C/c1cn(Cc2cccc(C)c2)c2ccccc12. The van der Waals surface area contributed by atoms with Crippen LogP contribution >= 0.6 is 0 Å². The first-order chi connectivity index (χ1) is 16.4. The van der Waals surface area contributed by atoms with E-state index in [1.807, 2.05) is 26.0 Å².